The first-order chi connectivity index (χ1) is 13.2. The molecule has 2 aromatic heterocycles. The highest BCUT2D eigenvalue weighted by atomic mass is 79.9. The number of nitrogens with one attached hydrogen (secondary N) is 1. The van der Waals surface area contributed by atoms with Gasteiger partial charge in [0.25, 0.3) is 0 Å². The maximum absolute atomic E-state index is 9.02. The van der Waals surface area contributed by atoms with Gasteiger partial charge in [0, 0.05) is 36.6 Å². The number of anilines is 1. The van der Waals surface area contributed by atoms with Crippen molar-refractivity contribution in [1.82, 2.24) is 9.88 Å². The molecule has 3 aliphatic rings. The Morgan fingerprint density at radius 2 is 2.11 bits per heavy atom. The lowest BCUT2D eigenvalue weighted by Crippen LogP contribution is -2.50. The Kier molecular flexibility index (Phi) is 4.38. The normalized spacial score (nSPS) is 27.6. The Morgan fingerprint density at radius 1 is 1.30 bits per heavy atom. The topological polar surface area (TPSA) is 74.3 Å². The predicted octanol–water partition coefficient (Wildman–Crippen LogP) is 4.05. The zero-order valence-electron chi connectivity index (χ0n) is 15.2. The molecule has 2 aliphatic carbocycles. The molecule has 1 spiro atoms. The molecule has 1 aliphatic heterocycles. The van der Waals surface area contributed by atoms with E-state index in [9.17, 15) is 0 Å². The number of hydrogen-bond acceptors (Lipinski definition) is 6. The number of halogens is 1. The molecule has 2 aromatic rings. The van der Waals surface area contributed by atoms with E-state index in [0.717, 1.165) is 48.2 Å². The van der Waals surface area contributed by atoms with Crippen molar-refractivity contribution in [2.24, 2.45) is 0 Å². The van der Waals surface area contributed by atoms with E-state index in [-0.39, 0.29) is 5.60 Å². The van der Waals surface area contributed by atoms with Crippen molar-refractivity contribution in [3.8, 4) is 6.07 Å². The van der Waals surface area contributed by atoms with Gasteiger partial charge >= 0.3 is 0 Å². The number of morpholine rings is 1. The number of ether oxygens (including phenoxy) is 1. The average Bonchev–Trinajstić information content (AvgIpc) is 3.29. The van der Waals surface area contributed by atoms with Crippen LogP contribution in [0.1, 0.15) is 44.3 Å². The largest absolute Gasteiger partial charge is 0.444 e. The van der Waals surface area contributed by atoms with Crippen LogP contribution in [0.4, 0.5) is 5.82 Å². The van der Waals surface area contributed by atoms with Gasteiger partial charge in [-0.1, -0.05) is 0 Å². The molecule has 0 bridgehead atoms. The molecule has 0 unspecified atom stereocenters. The van der Waals surface area contributed by atoms with Crippen LogP contribution in [0.15, 0.2) is 21.2 Å². The maximum atomic E-state index is 9.02. The number of fused-ring (bicyclic) bond motifs is 1. The van der Waals surface area contributed by atoms with E-state index in [1.54, 1.807) is 12.3 Å². The second-order valence-electron chi connectivity index (χ2n) is 8.07. The molecule has 2 saturated carbocycles. The molecular formula is C20H23BrN4O2. The maximum Gasteiger partial charge on any atom is 0.204 e. The summed E-state index contributed by atoms with van der Waals surface area (Å²) in [5.41, 5.74) is 0.846. The van der Waals surface area contributed by atoms with Gasteiger partial charge in [-0.3, -0.25) is 4.90 Å². The van der Waals surface area contributed by atoms with Crippen LogP contribution < -0.4 is 5.32 Å². The number of hydrogen-bond donors (Lipinski definition) is 1. The Balaban J connectivity index is 1.22. The SMILES string of the molecule is N#Cc1cc2c(Br)c(NC3CCC(N4CCOC5(CC5)C4)CC3)ncc2o1. The fourth-order valence-corrected chi connectivity index (χ4v) is 5.07. The summed E-state index contributed by atoms with van der Waals surface area (Å²) in [5, 5.41) is 13.5. The Bertz CT molecular complexity index is 893. The Morgan fingerprint density at radius 3 is 2.85 bits per heavy atom. The third kappa shape index (κ3) is 3.35. The summed E-state index contributed by atoms with van der Waals surface area (Å²) >= 11 is 3.63. The molecule has 1 saturated heterocycles. The van der Waals surface area contributed by atoms with E-state index in [0.29, 0.717) is 23.4 Å². The highest BCUT2D eigenvalue weighted by molar-refractivity contribution is 9.10. The number of furan rings is 1. The van der Waals surface area contributed by atoms with Crippen molar-refractivity contribution in [1.29, 1.82) is 5.26 Å². The molecule has 7 heteroatoms. The van der Waals surface area contributed by atoms with Crippen LogP contribution in [-0.4, -0.2) is 47.3 Å². The van der Waals surface area contributed by atoms with Gasteiger partial charge in [0.05, 0.1) is 22.9 Å². The third-order valence-corrected chi connectivity index (χ3v) is 7.07. The van der Waals surface area contributed by atoms with Crippen LogP contribution >= 0.6 is 15.9 Å². The average molecular weight is 431 g/mol. The van der Waals surface area contributed by atoms with Gasteiger partial charge in [-0.05, 0) is 54.5 Å². The number of pyridine rings is 1. The lowest BCUT2D eigenvalue weighted by atomic mass is 9.89. The number of aromatic nitrogens is 1. The summed E-state index contributed by atoms with van der Waals surface area (Å²) in [4.78, 5) is 7.16. The predicted molar refractivity (Wildman–Crippen MR) is 106 cm³/mol. The van der Waals surface area contributed by atoms with Crippen molar-refractivity contribution in [3.63, 3.8) is 0 Å². The first kappa shape index (κ1) is 17.5. The van der Waals surface area contributed by atoms with Gasteiger partial charge < -0.3 is 14.5 Å². The van der Waals surface area contributed by atoms with Crippen molar-refractivity contribution in [3.05, 3.63) is 22.5 Å². The van der Waals surface area contributed by atoms with Crippen LogP contribution in [-0.2, 0) is 4.74 Å². The minimum atomic E-state index is 0.213. The van der Waals surface area contributed by atoms with Gasteiger partial charge in [-0.2, -0.15) is 5.26 Å². The first-order valence-corrected chi connectivity index (χ1v) is 10.6. The molecular weight excluding hydrogens is 408 g/mol. The van der Waals surface area contributed by atoms with E-state index >= 15 is 0 Å². The lowest BCUT2D eigenvalue weighted by molar-refractivity contribution is -0.0643. The highest BCUT2D eigenvalue weighted by Crippen LogP contribution is 2.43. The summed E-state index contributed by atoms with van der Waals surface area (Å²) in [6.07, 6.45) is 8.91. The minimum Gasteiger partial charge on any atom is -0.444 e. The van der Waals surface area contributed by atoms with Crippen LogP contribution in [0, 0.1) is 11.3 Å². The third-order valence-electron chi connectivity index (χ3n) is 6.27. The summed E-state index contributed by atoms with van der Waals surface area (Å²) < 4.78 is 12.3. The molecule has 6 nitrogen and oxygen atoms in total. The van der Waals surface area contributed by atoms with Crippen LogP contribution in [0.5, 0.6) is 0 Å². The Labute approximate surface area is 167 Å². The van der Waals surface area contributed by atoms with Crippen LogP contribution in [0.2, 0.25) is 0 Å². The van der Waals surface area contributed by atoms with E-state index in [2.05, 4.69) is 31.1 Å². The molecule has 1 N–H and O–H groups in total. The summed E-state index contributed by atoms with van der Waals surface area (Å²) in [7, 11) is 0. The van der Waals surface area contributed by atoms with Gasteiger partial charge in [0.1, 0.15) is 11.9 Å². The zero-order valence-corrected chi connectivity index (χ0v) is 16.8. The van der Waals surface area contributed by atoms with Crippen molar-refractivity contribution >= 4 is 32.7 Å². The van der Waals surface area contributed by atoms with Gasteiger partial charge in [-0.25, -0.2) is 4.98 Å². The molecule has 0 aromatic carbocycles. The van der Waals surface area contributed by atoms with Crippen molar-refractivity contribution in [2.45, 2.75) is 56.2 Å². The van der Waals surface area contributed by atoms with Gasteiger partial charge in [0.15, 0.2) is 5.58 Å². The molecule has 5 rings (SSSR count). The second-order valence-corrected chi connectivity index (χ2v) is 8.87. The Hall–Kier alpha value is -1.62. The molecule has 3 fully saturated rings. The molecule has 0 radical (unpaired) electrons. The minimum absolute atomic E-state index is 0.213. The van der Waals surface area contributed by atoms with Gasteiger partial charge in [0.2, 0.25) is 5.76 Å². The first-order valence-electron chi connectivity index (χ1n) is 9.78. The second kappa shape index (κ2) is 6.77. The lowest BCUT2D eigenvalue weighted by Gasteiger charge is -2.41. The summed E-state index contributed by atoms with van der Waals surface area (Å²) in [6.45, 7) is 3.10. The van der Waals surface area contributed by atoms with E-state index in [1.807, 2.05) is 6.07 Å². The quantitative estimate of drug-likeness (QED) is 0.791. The highest BCUT2D eigenvalue weighted by Gasteiger charge is 2.48. The number of nitriles is 1. The molecule has 27 heavy (non-hydrogen) atoms. The van der Waals surface area contributed by atoms with Crippen LogP contribution in [0.3, 0.4) is 0 Å². The summed E-state index contributed by atoms with van der Waals surface area (Å²) in [5.74, 6) is 1.14. The number of rotatable bonds is 3. The monoisotopic (exact) mass is 430 g/mol. The zero-order chi connectivity index (χ0) is 18.4. The summed E-state index contributed by atoms with van der Waals surface area (Å²) in [6, 6.07) is 4.92. The van der Waals surface area contributed by atoms with Crippen molar-refractivity contribution < 1.29 is 9.15 Å². The smallest absolute Gasteiger partial charge is 0.204 e. The van der Waals surface area contributed by atoms with Crippen LogP contribution in [0.25, 0.3) is 11.0 Å². The molecule has 142 valence electrons. The van der Waals surface area contributed by atoms with E-state index < -0.39 is 0 Å². The molecule has 0 amide bonds. The number of nitrogens with zero attached hydrogens (tertiary/aromatic N) is 3. The molecule has 3 heterocycles. The fraction of sp³-hybridized carbons (Fsp3) is 0.600. The van der Waals surface area contributed by atoms with Gasteiger partial charge in [-0.15, -0.1) is 0 Å². The standard InChI is InChI=1S/C20H23BrN4O2/c21-18-16-9-15(10-22)27-17(16)11-23-19(18)24-13-1-3-14(4-2-13)25-7-8-26-20(12-25)5-6-20/h9,11,13-14H,1-8,12H2,(H,23,24). The van der Waals surface area contributed by atoms with E-state index in [4.69, 9.17) is 14.4 Å². The molecule has 0 atom stereocenters. The van der Waals surface area contributed by atoms with E-state index in [1.165, 1.54) is 25.7 Å². The van der Waals surface area contributed by atoms with Crippen molar-refractivity contribution in [2.75, 3.05) is 25.0 Å². The fourth-order valence-electron chi connectivity index (χ4n) is 4.54.